The summed E-state index contributed by atoms with van der Waals surface area (Å²) in [4.78, 5) is 25.1. The van der Waals surface area contributed by atoms with E-state index in [9.17, 15) is 14.7 Å². The molecule has 1 fully saturated rings. The van der Waals surface area contributed by atoms with E-state index in [4.69, 9.17) is 9.15 Å². The Morgan fingerprint density at radius 2 is 1.94 bits per heavy atom. The highest BCUT2D eigenvalue weighted by Crippen LogP contribution is 2.62. The fourth-order valence-corrected chi connectivity index (χ4v) is 6.07. The Morgan fingerprint density at radius 1 is 1.19 bits per heavy atom. The number of carbonyl (C=O) groups is 2. The first-order chi connectivity index (χ1) is 15.2. The summed E-state index contributed by atoms with van der Waals surface area (Å²) in [7, 11) is 0. The lowest BCUT2D eigenvalue weighted by Gasteiger charge is -2.58. The Morgan fingerprint density at radius 3 is 2.59 bits per heavy atom. The number of furan rings is 1. The summed E-state index contributed by atoms with van der Waals surface area (Å²) in [5.74, 6) is -0.796. The van der Waals surface area contributed by atoms with Gasteiger partial charge in [0.2, 0.25) is 0 Å². The second kappa shape index (κ2) is 8.61. The van der Waals surface area contributed by atoms with Crippen molar-refractivity contribution >= 4 is 11.9 Å². The van der Waals surface area contributed by atoms with Crippen molar-refractivity contribution in [2.24, 2.45) is 22.7 Å². The molecule has 170 valence electrons. The van der Waals surface area contributed by atoms with Crippen LogP contribution in [0.2, 0.25) is 0 Å². The zero-order chi connectivity index (χ0) is 22.9. The van der Waals surface area contributed by atoms with Gasteiger partial charge in [0.05, 0.1) is 18.1 Å². The van der Waals surface area contributed by atoms with E-state index in [1.54, 1.807) is 42.9 Å². The van der Waals surface area contributed by atoms with Crippen molar-refractivity contribution < 1.29 is 23.8 Å². The van der Waals surface area contributed by atoms with Crippen molar-refractivity contribution in [2.45, 2.75) is 59.0 Å². The molecule has 0 saturated heterocycles. The van der Waals surface area contributed by atoms with Gasteiger partial charge in [0.1, 0.15) is 6.10 Å². The van der Waals surface area contributed by atoms with E-state index in [-0.39, 0.29) is 11.3 Å². The molecule has 0 radical (unpaired) electrons. The van der Waals surface area contributed by atoms with Crippen LogP contribution in [0.3, 0.4) is 0 Å². The smallest absolute Gasteiger partial charge is 0.338 e. The molecule has 0 spiro atoms. The van der Waals surface area contributed by atoms with Crippen molar-refractivity contribution in [2.75, 3.05) is 0 Å². The molecule has 2 aromatic rings. The molecule has 0 aliphatic heterocycles. The molecule has 5 heteroatoms. The average molecular weight is 437 g/mol. The summed E-state index contributed by atoms with van der Waals surface area (Å²) >= 11 is 0. The molecule has 0 unspecified atom stereocenters. The fourth-order valence-electron chi connectivity index (χ4n) is 6.07. The molecule has 2 aliphatic rings. The number of carboxylic acid groups (broad SMARTS) is 1. The van der Waals surface area contributed by atoms with E-state index in [0.29, 0.717) is 23.5 Å². The van der Waals surface area contributed by atoms with Crippen LogP contribution in [0, 0.1) is 22.7 Å². The van der Waals surface area contributed by atoms with Gasteiger partial charge in [0, 0.05) is 11.0 Å². The minimum Gasteiger partial charge on any atom is -0.478 e. The van der Waals surface area contributed by atoms with E-state index in [2.05, 4.69) is 20.8 Å². The van der Waals surface area contributed by atoms with Crippen LogP contribution in [-0.4, -0.2) is 23.1 Å². The number of rotatable bonds is 6. The first-order valence-corrected chi connectivity index (χ1v) is 11.5. The Labute approximate surface area is 189 Å². The van der Waals surface area contributed by atoms with Gasteiger partial charge in [-0.3, -0.25) is 0 Å². The second-order valence-electron chi connectivity index (χ2n) is 9.98. The third kappa shape index (κ3) is 4.01. The zero-order valence-electron chi connectivity index (χ0n) is 19.0. The Bertz CT molecular complexity index is 992. The Hall–Kier alpha value is -2.82. The molecule has 0 amide bonds. The summed E-state index contributed by atoms with van der Waals surface area (Å²) in [6, 6.07) is 10.9. The van der Waals surface area contributed by atoms with Gasteiger partial charge >= 0.3 is 11.9 Å². The van der Waals surface area contributed by atoms with E-state index in [1.807, 2.05) is 12.1 Å². The highest BCUT2D eigenvalue weighted by Gasteiger charge is 2.57. The predicted molar refractivity (Wildman–Crippen MR) is 121 cm³/mol. The lowest BCUT2D eigenvalue weighted by Crippen LogP contribution is -2.53. The molecule has 1 aromatic carbocycles. The van der Waals surface area contributed by atoms with Gasteiger partial charge in [0.25, 0.3) is 0 Å². The van der Waals surface area contributed by atoms with Crippen LogP contribution in [0.5, 0.6) is 0 Å². The van der Waals surface area contributed by atoms with Crippen LogP contribution in [0.1, 0.15) is 62.4 Å². The Balaban J connectivity index is 1.65. The second-order valence-corrected chi connectivity index (χ2v) is 9.98. The zero-order valence-corrected chi connectivity index (χ0v) is 19.0. The van der Waals surface area contributed by atoms with Crippen molar-refractivity contribution in [3.8, 4) is 0 Å². The summed E-state index contributed by atoms with van der Waals surface area (Å²) in [6.45, 7) is 6.66. The third-order valence-electron chi connectivity index (χ3n) is 8.25. The number of hydrogen-bond acceptors (Lipinski definition) is 4. The molecular formula is C27H32O5. The number of aryl methyl sites for hydroxylation is 1. The Kier molecular flexibility index (Phi) is 6.02. The SMILES string of the molecule is C[C@H]1CC[C@]2(C)C(C(=O)O)=C[C@@H](OC(=O)c3ccccc3)C[C@H]2[C@]1(C)CCc1ccoc1. The summed E-state index contributed by atoms with van der Waals surface area (Å²) in [5, 5.41) is 10.1. The maximum Gasteiger partial charge on any atom is 0.338 e. The van der Waals surface area contributed by atoms with Crippen molar-refractivity contribution in [1.29, 1.82) is 0 Å². The highest BCUT2D eigenvalue weighted by molar-refractivity contribution is 5.90. The third-order valence-corrected chi connectivity index (χ3v) is 8.25. The van der Waals surface area contributed by atoms with E-state index in [1.165, 1.54) is 0 Å². The van der Waals surface area contributed by atoms with Gasteiger partial charge < -0.3 is 14.3 Å². The van der Waals surface area contributed by atoms with Crippen LogP contribution in [0.25, 0.3) is 0 Å². The first-order valence-electron chi connectivity index (χ1n) is 11.5. The molecule has 1 heterocycles. The van der Waals surface area contributed by atoms with E-state index in [0.717, 1.165) is 31.2 Å². The number of carbonyl (C=O) groups excluding carboxylic acids is 1. The van der Waals surface area contributed by atoms with Crippen LogP contribution >= 0.6 is 0 Å². The number of ether oxygens (including phenoxy) is 1. The van der Waals surface area contributed by atoms with Gasteiger partial charge in [-0.25, -0.2) is 9.59 Å². The predicted octanol–water partition coefficient (Wildman–Crippen LogP) is 5.91. The van der Waals surface area contributed by atoms with Crippen molar-refractivity contribution in [3.63, 3.8) is 0 Å². The van der Waals surface area contributed by atoms with Gasteiger partial charge in [0.15, 0.2) is 0 Å². The average Bonchev–Trinajstić information content (AvgIpc) is 3.30. The molecule has 4 rings (SSSR count). The fraction of sp³-hybridized carbons (Fsp3) is 0.481. The minimum absolute atomic E-state index is 0.0867. The van der Waals surface area contributed by atoms with E-state index < -0.39 is 23.5 Å². The number of benzene rings is 1. The van der Waals surface area contributed by atoms with Gasteiger partial charge in [-0.2, -0.15) is 0 Å². The van der Waals surface area contributed by atoms with E-state index >= 15 is 0 Å². The number of hydrogen-bond donors (Lipinski definition) is 1. The lowest BCUT2D eigenvalue weighted by atomic mass is 9.46. The van der Waals surface area contributed by atoms with Gasteiger partial charge in [-0.1, -0.05) is 39.0 Å². The highest BCUT2D eigenvalue weighted by atomic mass is 16.5. The number of aliphatic carboxylic acids is 1. The molecular weight excluding hydrogens is 404 g/mol. The molecule has 32 heavy (non-hydrogen) atoms. The normalized spacial score (nSPS) is 32.0. The molecule has 1 N–H and O–H groups in total. The maximum atomic E-state index is 12.7. The van der Waals surface area contributed by atoms with Gasteiger partial charge in [-0.15, -0.1) is 0 Å². The van der Waals surface area contributed by atoms with Crippen molar-refractivity contribution in [1.82, 2.24) is 0 Å². The lowest BCUT2D eigenvalue weighted by molar-refractivity contribution is -0.138. The standard InChI is InChI=1S/C27H32O5/c1-18-9-12-27(3)22(24(28)29)15-21(32-25(30)20-7-5-4-6-8-20)16-23(27)26(18,2)13-10-19-11-14-31-17-19/h4-8,11,14-15,17-18,21,23H,9-10,12-13,16H2,1-3H3,(H,28,29)/t18-,21+,23-,26+,27+/m0/s1. The monoisotopic (exact) mass is 436 g/mol. The summed E-state index contributed by atoms with van der Waals surface area (Å²) in [6.07, 6.45) is 8.87. The van der Waals surface area contributed by atoms with Gasteiger partial charge in [-0.05, 0) is 79.2 Å². The molecule has 2 aliphatic carbocycles. The van der Waals surface area contributed by atoms with Crippen LogP contribution in [-0.2, 0) is 16.0 Å². The summed E-state index contributed by atoms with van der Waals surface area (Å²) < 4.78 is 11.1. The number of fused-ring (bicyclic) bond motifs is 1. The maximum absolute atomic E-state index is 12.7. The molecule has 0 bridgehead atoms. The van der Waals surface area contributed by atoms with Crippen LogP contribution < -0.4 is 0 Å². The molecule has 5 atom stereocenters. The molecule has 5 nitrogen and oxygen atoms in total. The van der Waals surface area contributed by atoms with Crippen molar-refractivity contribution in [3.05, 3.63) is 71.7 Å². The number of esters is 1. The molecule has 1 aromatic heterocycles. The molecule has 1 saturated carbocycles. The quantitative estimate of drug-likeness (QED) is 0.570. The largest absolute Gasteiger partial charge is 0.478 e. The van der Waals surface area contributed by atoms with Crippen LogP contribution in [0.15, 0.2) is 65.0 Å². The summed E-state index contributed by atoms with van der Waals surface area (Å²) in [5.41, 5.74) is 1.49. The van der Waals surface area contributed by atoms with Crippen LogP contribution in [0.4, 0.5) is 0 Å². The first kappa shape index (κ1) is 22.4. The topological polar surface area (TPSA) is 76.7 Å². The number of carboxylic acids is 1. The minimum atomic E-state index is -0.912.